The van der Waals surface area contributed by atoms with E-state index in [0.29, 0.717) is 35.3 Å². The Balaban J connectivity index is 1.69. The number of likely N-dealkylation sites (tertiary alicyclic amines) is 1. The number of nitrogens with zero attached hydrogens (tertiary/aromatic N) is 5. The Morgan fingerprint density at radius 3 is 2.96 bits per heavy atom. The smallest absolute Gasteiger partial charge is 0.219 e. The maximum atomic E-state index is 13.5. The molecule has 1 aliphatic rings. The van der Waals surface area contributed by atoms with Crippen molar-refractivity contribution in [3.05, 3.63) is 48.2 Å². The molecule has 1 unspecified atom stereocenters. The lowest BCUT2D eigenvalue weighted by atomic mass is 9.97. The number of aromatic amines is 1. The zero-order valence-corrected chi connectivity index (χ0v) is 15.4. The lowest BCUT2D eigenvalue weighted by molar-refractivity contribution is -0.130. The van der Waals surface area contributed by atoms with Crippen LogP contribution in [0.2, 0.25) is 0 Å². The van der Waals surface area contributed by atoms with Gasteiger partial charge in [0, 0.05) is 37.7 Å². The maximum Gasteiger partial charge on any atom is 0.219 e. The summed E-state index contributed by atoms with van der Waals surface area (Å²) in [4.78, 5) is 22.9. The van der Waals surface area contributed by atoms with Crippen molar-refractivity contribution in [2.75, 3.05) is 18.4 Å². The number of piperidine rings is 1. The third-order valence-electron chi connectivity index (χ3n) is 4.76. The van der Waals surface area contributed by atoms with Gasteiger partial charge >= 0.3 is 0 Å². The predicted octanol–water partition coefficient (Wildman–Crippen LogP) is 2.87. The van der Waals surface area contributed by atoms with Gasteiger partial charge in [-0.2, -0.15) is 0 Å². The van der Waals surface area contributed by atoms with Gasteiger partial charge in [0.15, 0.2) is 0 Å². The first kappa shape index (κ1) is 18.0. The Morgan fingerprint density at radius 2 is 2.21 bits per heavy atom. The van der Waals surface area contributed by atoms with E-state index >= 15 is 0 Å². The molecule has 4 rings (SSSR count). The number of anilines is 2. The fraction of sp³-hybridized carbons (Fsp3) is 0.316. The molecule has 9 heteroatoms. The molecule has 0 bridgehead atoms. The molecule has 1 fully saturated rings. The van der Waals surface area contributed by atoms with Crippen molar-refractivity contribution in [3.8, 4) is 11.4 Å². The molecule has 1 atom stereocenters. The lowest BCUT2D eigenvalue weighted by Gasteiger charge is -2.31. The minimum atomic E-state index is -0.332. The summed E-state index contributed by atoms with van der Waals surface area (Å²) < 4.78 is 13.5. The van der Waals surface area contributed by atoms with Crippen LogP contribution in [-0.4, -0.2) is 49.3 Å². The van der Waals surface area contributed by atoms with Gasteiger partial charge in [0.2, 0.25) is 5.91 Å². The van der Waals surface area contributed by atoms with Crippen LogP contribution in [0, 0.1) is 5.82 Å². The minimum absolute atomic E-state index is 0.0292. The summed E-state index contributed by atoms with van der Waals surface area (Å²) in [6.07, 6.45) is 3.38. The second-order valence-corrected chi connectivity index (χ2v) is 6.81. The van der Waals surface area contributed by atoms with E-state index in [-0.39, 0.29) is 17.6 Å². The number of carbonyl (C=O) groups excluding carboxylic acids is 1. The summed E-state index contributed by atoms with van der Waals surface area (Å²) in [7, 11) is 0. The largest absolute Gasteiger partial charge is 0.342 e. The summed E-state index contributed by atoms with van der Waals surface area (Å²) >= 11 is 0. The molecule has 3 heterocycles. The molecule has 0 saturated carbocycles. The summed E-state index contributed by atoms with van der Waals surface area (Å²) in [5.74, 6) is 0.928. The molecular formula is C19H20FN7O. The van der Waals surface area contributed by atoms with Crippen molar-refractivity contribution >= 4 is 17.4 Å². The monoisotopic (exact) mass is 381 g/mol. The van der Waals surface area contributed by atoms with Crippen molar-refractivity contribution < 1.29 is 9.18 Å². The number of rotatable bonds is 4. The molecule has 0 radical (unpaired) electrons. The van der Waals surface area contributed by atoms with Crippen LogP contribution in [0.1, 0.15) is 31.5 Å². The van der Waals surface area contributed by atoms with Crippen LogP contribution in [0.5, 0.6) is 0 Å². The normalized spacial score (nSPS) is 16.8. The number of carbonyl (C=O) groups is 1. The fourth-order valence-corrected chi connectivity index (χ4v) is 3.36. The highest BCUT2D eigenvalue weighted by atomic mass is 19.1. The van der Waals surface area contributed by atoms with Gasteiger partial charge in [0.05, 0.1) is 11.9 Å². The summed E-state index contributed by atoms with van der Waals surface area (Å²) in [5, 5.41) is 13.5. The highest BCUT2D eigenvalue weighted by Crippen LogP contribution is 2.28. The molecule has 1 saturated heterocycles. The first-order valence-corrected chi connectivity index (χ1v) is 9.12. The molecule has 1 aromatic carbocycles. The number of hydrogen-bond donors (Lipinski definition) is 2. The SMILES string of the molecule is CC(=O)N1CCCC(c2nc(Nc3cccc(F)c3)cc(-c3cnn[nH]3)n2)C1. The molecule has 28 heavy (non-hydrogen) atoms. The van der Waals surface area contributed by atoms with Gasteiger partial charge in [0.25, 0.3) is 0 Å². The number of benzene rings is 1. The highest BCUT2D eigenvalue weighted by Gasteiger charge is 2.26. The van der Waals surface area contributed by atoms with E-state index in [4.69, 9.17) is 0 Å². The maximum absolute atomic E-state index is 13.5. The first-order valence-electron chi connectivity index (χ1n) is 9.12. The Kier molecular flexibility index (Phi) is 4.96. The average Bonchev–Trinajstić information content (AvgIpc) is 3.23. The van der Waals surface area contributed by atoms with Crippen molar-refractivity contribution in [1.29, 1.82) is 0 Å². The molecule has 1 amide bonds. The molecule has 144 valence electrons. The zero-order chi connectivity index (χ0) is 19.5. The standard InChI is InChI=1S/C19H20FN7O/c1-12(28)27-7-3-4-13(11-27)19-23-16(17-10-21-26-25-17)9-18(24-19)22-15-6-2-5-14(20)8-15/h2,5-6,8-10,13H,3-4,7,11H2,1H3,(H,21,25,26)(H,22,23,24). The number of halogens is 1. The highest BCUT2D eigenvalue weighted by molar-refractivity contribution is 5.73. The molecule has 2 N–H and O–H groups in total. The summed E-state index contributed by atoms with van der Waals surface area (Å²) in [6.45, 7) is 2.91. The van der Waals surface area contributed by atoms with E-state index in [2.05, 4.69) is 30.7 Å². The molecule has 0 aliphatic carbocycles. The third-order valence-corrected chi connectivity index (χ3v) is 4.76. The van der Waals surface area contributed by atoms with Crippen LogP contribution in [-0.2, 0) is 4.79 Å². The number of amides is 1. The van der Waals surface area contributed by atoms with Gasteiger partial charge in [-0.1, -0.05) is 11.3 Å². The number of H-pyrrole nitrogens is 1. The Labute approximate surface area is 161 Å². The number of aromatic nitrogens is 5. The molecular weight excluding hydrogens is 361 g/mol. The van der Waals surface area contributed by atoms with Crippen LogP contribution in [0.15, 0.2) is 36.5 Å². The molecule has 8 nitrogen and oxygen atoms in total. The van der Waals surface area contributed by atoms with E-state index < -0.39 is 0 Å². The van der Waals surface area contributed by atoms with Crippen molar-refractivity contribution in [2.24, 2.45) is 0 Å². The molecule has 2 aromatic heterocycles. The van der Waals surface area contributed by atoms with Gasteiger partial charge < -0.3 is 10.2 Å². The lowest BCUT2D eigenvalue weighted by Crippen LogP contribution is -2.38. The Bertz CT molecular complexity index is 976. The van der Waals surface area contributed by atoms with Crippen LogP contribution >= 0.6 is 0 Å². The van der Waals surface area contributed by atoms with Gasteiger partial charge in [0.1, 0.15) is 23.2 Å². The van der Waals surface area contributed by atoms with E-state index in [9.17, 15) is 9.18 Å². The fourth-order valence-electron chi connectivity index (χ4n) is 3.36. The van der Waals surface area contributed by atoms with E-state index in [1.165, 1.54) is 12.1 Å². The summed E-state index contributed by atoms with van der Waals surface area (Å²) in [5.41, 5.74) is 1.88. The van der Waals surface area contributed by atoms with Crippen molar-refractivity contribution in [2.45, 2.75) is 25.7 Å². The third kappa shape index (κ3) is 3.98. The van der Waals surface area contributed by atoms with Crippen LogP contribution in [0.3, 0.4) is 0 Å². The van der Waals surface area contributed by atoms with Gasteiger partial charge in [-0.05, 0) is 31.0 Å². The van der Waals surface area contributed by atoms with Gasteiger partial charge in [-0.25, -0.2) is 14.4 Å². The quantitative estimate of drug-likeness (QED) is 0.721. The van der Waals surface area contributed by atoms with Crippen LogP contribution < -0.4 is 5.32 Å². The Morgan fingerprint density at radius 1 is 1.32 bits per heavy atom. The average molecular weight is 381 g/mol. The summed E-state index contributed by atoms with van der Waals surface area (Å²) in [6, 6.07) is 7.94. The first-order chi connectivity index (χ1) is 13.6. The van der Waals surface area contributed by atoms with E-state index in [0.717, 1.165) is 19.4 Å². The van der Waals surface area contributed by atoms with Crippen molar-refractivity contribution in [3.63, 3.8) is 0 Å². The molecule has 1 aliphatic heterocycles. The number of nitrogens with one attached hydrogen (secondary N) is 2. The van der Waals surface area contributed by atoms with Gasteiger partial charge in [-0.15, -0.1) is 5.10 Å². The van der Waals surface area contributed by atoms with Crippen LogP contribution in [0.25, 0.3) is 11.4 Å². The predicted molar refractivity (Wildman–Crippen MR) is 101 cm³/mol. The van der Waals surface area contributed by atoms with E-state index in [1.54, 1.807) is 31.3 Å². The molecule has 0 spiro atoms. The minimum Gasteiger partial charge on any atom is -0.342 e. The number of hydrogen-bond acceptors (Lipinski definition) is 6. The van der Waals surface area contributed by atoms with Crippen LogP contribution in [0.4, 0.5) is 15.9 Å². The second-order valence-electron chi connectivity index (χ2n) is 6.81. The van der Waals surface area contributed by atoms with Crippen molar-refractivity contribution in [1.82, 2.24) is 30.3 Å². The molecule has 3 aromatic rings. The Hall–Kier alpha value is -3.36. The zero-order valence-electron chi connectivity index (χ0n) is 15.4. The van der Waals surface area contributed by atoms with Gasteiger partial charge in [-0.3, -0.25) is 9.89 Å². The van der Waals surface area contributed by atoms with E-state index in [1.807, 2.05) is 4.90 Å². The topological polar surface area (TPSA) is 99.7 Å². The second kappa shape index (κ2) is 7.71.